The number of piperidine rings is 1. The van der Waals surface area contributed by atoms with Gasteiger partial charge in [-0.2, -0.15) is 0 Å². The molecular formula is C18H35ClN4O2. The average molecular weight is 375 g/mol. The molecule has 0 aromatic heterocycles. The Morgan fingerprint density at radius 3 is 2.12 bits per heavy atom. The predicted octanol–water partition coefficient (Wildman–Crippen LogP) is 2.17. The molecule has 2 N–H and O–H groups in total. The Labute approximate surface area is 158 Å². The molecule has 0 saturated carbocycles. The summed E-state index contributed by atoms with van der Waals surface area (Å²) < 4.78 is 0. The predicted molar refractivity (Wildman–Crippen MR) is 103 cm³/mol. The molecule has 1 atom stereocenters. The van der Waals surface area contributed by atoms with E-state index in [9.17, 15) is 9.59 Å². The molecular weight excluding hydrogens is 340 g/mol. The van der Waals surface area contributed by atoms with E-state index in [-0.39, 0.29) is 36.3 Å². The minimum absolute atomic E-state index is 0. The van der Waals surface area contributed by atoms with Gasteiger partial charge in [-0.1, -0.05) is 13.8 Å². The Balaban J connectivity index is 0.00000312. The SMILES string of the molecule is CC(C)C(N)CCN(C)C(=O)C1CCN(C(=O)N2CCCC2)CC1.Cl. The number of nitrogens with two attached hydrogens (primary N) is 1. The van der Waals surface area contributed by atoms with Gasteiger partial charge in [-0.3, -0.25) is 4.79 Å². The highest BCUT2D eigenvalue weighted by Gasteiger charge is 2.31. The first-order valence-electron chi connectivity index (χ1n) is 9.44. The zero-order chi connectivity index (χ0) is 17.7. The second-order valence-corrected chi connectivity index (χ2v) is 7.69. The number of likely N-dealkylation sites (tertiary alicyclic amines) is 2. The summed E-state index contributed by atoms with van der Waals surface area (Å²) in [6.45, 7) is 8.10. The number of rotatable bonds is 5. The van der Waals surface area contributed by atoms with Crippen LogP contribution in [0, 0.1) is 11.8 Å². The largest absolute Gasteiger partial charge is 0.345 e. The van der Waals surface area contributed by atoms with Crippen molar-refractivity contribution in [3.05, 3.63) is 0 Å². The van der Waals surface area contributed by atoms with E-state index in [0.29, 0.717) is 25.6 Å². The minimum atomic E-state index is 0. The molecule has 2 rings (SSSR count). The van der Waals surface area contributed by atoms with Gasteiger partial charge in [-0.05, 0) is 38.0 Å². The summed E-state index contributed by atoms with van der Waals surface area (Å²) in [7, 11) is 1.87. The van der Waals surface area contributed by atoms with Crippen molar-refractivity contribution < 1.29 is 9.59 Å². The van der Waals surface area contributed by atoms with Crippen molar-refractivity contribution in [2.75, 3.05) is 39.8 Å². The summed E-state index contributed by atoms with van der Waals surface area (Å²) in [5.74, 6) is 0.695. The van der Waals surface area contributed by atoms with Gasteiger partial charge < -0.3 is 20.4 Å². The first-order chi connectivity index (χ1) is 11.4. The zero-order valence-electron chi connectivity index (χ0n) is 15.9. The van der Waals surface area contributed by atoms with Crippen LogP contribution in [-0.2, 0) is 4.79 Å². The molecule has 3 amide bonds. The number of halogens is 1. The van der Waals surface area contributed by atoms with Crippen molar-refractivity contribution in [1.82, 2.24) is 14.7 Å². The number of hydrogen-bond donors (Lipinski definition) is 1. The van der Waals surface area contributed by atoms with Gasteiger partial charge in [0, 0.05) is 51.7 Å². The summed E-state index contributed by atoms with van der Waals surface area (Å²) in [5, 5.41) is 0. The molecule has 2 heterocycles. The van der Waals surface area contributed by atoms with Gasteiger partial charge >= 0.3 is 6.03 Å². The molecule has 25 heavy (non-hydrogen) atoms. The third kappa shape index (κ3) is 6.03. The molecule has 0 radical (unpaired) electrons. The molecule has 0 bridgehead atoms. The van der Waals surface area contributed by atoms with Crippen molar-refractivity contribution in [3.8, 4) is 0 Å². The van der Waals surface area contributed by atoms with E-state index in [1.54, 1.807) is 0 Å². The van der Waals surface area contributed by atoms with E-state index in [1.165, 1.54) is 0 Å². The fourth-order valence-electron chi connectivity index (χ4n) is 3.52. The van der Waals surface area contributed by atoms with Crippen LogP contribution in [0.2, 0.25) is 0 Å². The topological polar surface area (TPSA) is 69.9 Å². The maximum atomic E-state index is 12.6. The number of carbonyl (C=O) groups excluding carboxylic acids is 2. The first kappa shape index (κ1) is 22.0. The van der Waals surface area contributed by atoms with Crippen LogP contribution in [-0.4, -0.2) is 72.5 Å². The standard InChI is InChI=1S/C18H34N4O2.ClH/c1-14(2)16(19)8-11-20(3)17(23)15-6-12-22(13-7-15)18(24)21-9-4-5-10-21;/h14-16H,4-13,19H2,1-3H3;1H. The van der Waals surface area contributed by atoms with Gasteiger partial charge in [0.05, 0.1) is 0 Å². The number of urea groups is 1. The Kier molecular flexibility index (Phi) is 9.00. The molecule has 0 aromatic rings. The molecule has 2 aliphatic heterocycles. The van der Waals surface area contributed by atoms with Crippen LogP contribution in [0.5, 0.6) is 0 Å². The summed E-state index contributed by atoms with van der Waals surface area (Å²) in [6, 6.07) is 0.301. The quantitative estimate of drug-likeness (QED) is 0.801. The van der Waals surface area contributed by atoms with E-state index in [4.69, 9.17) is 5.73 Å². The third-order valence-electron chi connectivity index (χ3n) is 5.52. The normalized spacial score (nSPS) is 19.7. The van der Waals surface area contributed by atoms with Crippen molar-refractivity contribution in [1.29, 1.82) is 0 Å². The Bertz CT molecular complexity index is 433. The van der Waals surface area contributed by atoms with Crippen molar-refractivity contribution in [2.24, 2.45) is 17.6 Å². The van der Waals surface area contributed by atoms with E-state index < -0.39 is 0 Å². The van der Waals surface area contributed by atoms with Crippen LogP contribution >= 0.6 is 12.4 Å². The van der Waals surface area contributed by atoms with Gasteiger partial charge in [0.2, 0.25) is 5.91 Å². The van der Waals surface area contributed by atoms with E-state index in [0.717, 1.165) is 45.2 Å². The minimum Gasteiger partial charge on any atom is -0.345 e. The molecule has 2 fully saturated rings. The number of hydrogen-bond acceptors (Lipinski definition) is 3. The fraction of sp³-hybridized carbons (Fsp3) is 0.889. The van der Waals surface area contributed by atoms with Gasteiger partial charge in [0.1, 0.15) is 0 Å². The Morgan fingerprint density at radius 1 is 1.08 bits per heavy atom. The summed E-state index contributed by atoms with van der Waals surface area (Å²) >= 11 is 0. The van der Waals surface area contributed by atoms with E-state index >= 15 is 0 Å². The number of amides is 3. The van der Waals surface area contributed by atoms with Gasteiger partial charge in [0.15, 0.2) is 0 Å². The zero-order valence-corrected chi connectivity index (χ0v) is 16.8. The summed E-state index contributed by atoms with van der Waals surface area (Å²) in [4.78, 5) is 30.7. The highest BCUT2D eigenvalue weighted by molar-refractivity contribution is 5.85. The lowest BCUT2D eigenvalue weighted by Crippen LogP contribution is -2.48. The van der Waals surface area contributed by atoms with Crippen LogP contribution < -0.4 is 5.73 Å². The monoisotopic (exact) mass is 374 g/mol. The molecule has 146 valence electrons. The van der Waals surface area contributed by atoms with Gasteiger partial charge in [-0.15, -0.1) is 12.4 Å². The van der Waals surface area contributed by atoms with Crippen molar-refractivity contribution in [2.45, 2.75) is 52.0 Å². The van der Waals surface area contributed by atoms with E-state index in [2.05, 4.69) is 13.8 Å². The molecule has 7 heteroatoms. The molecule has 0 aliphatic carbocycles. The Hall–Kier alpha value is -1.01. The molecule has 2 saturated heterocycles. The molecule has 6 nitrogen and oxygen atoms in total. The van der Waals surface area contributed by atoms with Crippen LogP contribution in [0.4, 0.5) is 4.79 Å². The maximum Gasteiger partial charge on any atom is 0.319 e. The van der Waals surface area contributed by atoms with Crippen LogP contribution in [0.1, 0.15) is 46.0 Å². The van der Waals surface area contributed by atoms with Crippen LogP contribution in [0.25, 0.3) is 0 Å². The lowest BCUT2D eigenvalue weighted by atomic mass is 9.95. The fourth-order valence-corrected chi connectivity index (χ4v) is 3.52. The maximum absolute atomic E-state index is 12.6. The van der Waals surface area contributed by atoms with Crippen molar-refractivity contribution in [3.63, 3.8) is 0 Å². The molecule has 0 spiro atoms. The lowest BCUT2D eigenvalue weighted by molar-refractivity contribution is -0.135. The highest BCUT2D eigenvalue weighted by Crippen LogP contribution is 2.22. The smallest absolute Gasteiger partial charge is 0.319 e. The van der Waals surface area contributed by atoms with Crippen LogP contribution in [0.15, 0.2) is 0 Å². The average Bonchev–Trinajstić information content (AvgIpc) is 3.12. The Morgan fingerprint density at radius 2 is 1.60 bits per heavy atom. The highest BCUT2D eigenvalue weighted by atomic mass is 35.5. The number of nitrogens with zero attached hydrogens (tertiary/aromatic N) is 3. The third-order valence-corrected chi connectivity index (χ3v) is 5.52. The van der Waals surface area contributed by atoms with Crippen LogP contribution in [0.3, 0.4) is 0 Å². The summed E-state index contributed by atoms with van der Waals surface area (Å²) in [5.41, 5.74) is 6.07. The summed E-state index contributed by atoms with van der Waals surface area (Å²) in [6.07, 6.45) is 4.62. The van der Waals surface area contributed by atoms with Gasteiger partial charge in [0.25, 0.3) is 0 Å². The van der Waals surface area contributed by atoms with E-state index in [1.807, 2.05) is 21.7 Å². The second kappa shape index (κ2) is 10.2. The van der Waals surface area contributed by atoms with Gasteiger partial charge in [-0.25, -0.2) is 4.79 Å². The lowest BCUT2D eigenvalue weighted by Gasteiger charge is -2.35. The van der Waals surface area contributed by atoms with Crippen molar-refractivity contribution >= 4 is 24.3 Å². The number of carbonyl (C=O) groups is 2. The molecule has 2 aliphatic rings. The molecule has 1 unspecified atom stereocenters. The second-order valence-electron chi connectivity index (χ2n) is 7.69. The first-order valence-corrected chi connectivity index (χ1v) is 9.44. The molecule has 0 aromatic carbocycles.